The maximum Gasteiger partial charge on any atom is 0.428 e. The number of rotatable bonds is 8. The summed E-state index contributed by atoms with van der Waals surface area (Å²) in [5, 5.41) is 4.01. The fourth-order valence-electron chi connectivity index (χ4n) is 3.17. The zero-order valence-corrected chi connectivity index (χ0v) is 19.1. The van der Waals surface area contributed by atoms with Gasteiger partial charge in [0.15, 0.2) is 6.04 Å². The van der Waals surface area contributed by atoms with E-state index in [1.807, 2.05) is 6.92 Å². The molecule has 1 aliphatic rings. The average Bonchev–Trinajstić information content (AvgIpc) is 2.95. The molecule has 0 saturated carbocycles. The van der Waals surface area contributed by atoms with Crippen LogP contribution in [0.3, 0.4) is 0 Å². The number of hydrazone groups is 1. The molecule has 4 amide bonds. The van der Waals surface area contributed by atoms with Gasteiger partial charge in [0, 0.05) is 6.54 Å². The van der Waals surface area contributed by atoms with Crippen LogP contribution in [-0.4, -0.2) is 59.4 Å². The molecule has 0 bridgehead atoms. The molecule has 174 valence electrons. The van der Waals surface area contributed by atoms with Crippen molar-refractivity contribution in [3.63, 3.8) is 0 Å². The summed E-state index contributed by atoms with van der Waals surface area (Å²) in [5.41, 5.74) is 1.85. The molecule has 32 heavy (non-hydrogen) atoms. The van der Waals surface area contributed by atoms with E-state index in [0.29, 0.717) is 12.1 Å². The van der Waals surface area contributed by atoms with Crippen LogP contribution in [0.2, 0.25) is 0 Å². The highest BCUT2D eigenvalue weighted by atomic mass is 16.6. The van der Waals surface area contributed by atoms with Crippen LogP contribution in [0.4, 0.5) is 15.3 Å². The van der Waals surface area contributed by atoms with Crippen molar-refractivity contribution < 1.29 is 28.7 Å². The Labute approximate surface area is 187 Å². The number of carbonyl (C=O) groups excluding carboxylic acids is 4. The van der Waals surface area contributed by atoms with Crippen molar-refractivity contribution in [2.75, 3.05) is 18.1 Å². The predicted octanol–water partition coefficient (Wildman–Crippen LogP) is 3.07. The van der Waals surface area contributed by atoms with Crippen molar-refractivity contribution in [3.05, 3.63) is 30.3 Å². The number of esters is 1. The van der Waals surface area contributed by atoms with Crippen molar-refractivity contribution in [2.24, 2.45) is 5.10 Å². The molecule has 0 spiro atoms. The number of carbonyl (C=O) groups is 4. The third kappa shape index (κ3) is 6.29. The first kappa shape index (κ1) is 24.8. The first-order chi connectivity index (χ1) is 15.1. The molecule has 10 heteroatoms. The number of nitrogens with zero attached hydrogens (tertiary/aromatic N) is 3. The Morgan fingerprint density at radius 3 is 2.34 bits per heavy atom. The summed E-state index contributed by atoms with van der Waals surface area (Å²) < 4.78 is 10.2. The maximum absolute atomic E-state index is 13.3. The lowest BCUT2D eigenvalue weighted by Crippen LogP contribution is -2.44. The van der Waals surface area contributed by atoms with Gasteiger partial charge >= 0.3 is 18.1 Å². The first-order valence-electron chi connectivity index (χ1n) is 10.5. The van der Waals surface area contributed by atoms with Crippen LogP contribution in [0, 0.1) is 0 Å². The molecule has 1 fully saturated rings. The predicted molar refractivity (Wildman–Crippen MR) is 118 cm³/mol. The number of hydrogen-bond donors (Lipinski definition) is 1. The number of anilines is 1. The van der Waals surface area contributed by atoms with Gasteiger partial charge in [0.25, 0.3) is 5.91 Å². The van der Waals surface area contributed by atoms with Crippen LogP contribution >= 0.6 is 0 Å². The van der Waals surface area contributed by atoms with Crippen molar-refractivity contribution in [1.82, 2.24) is 10.3 Å². The average molecular weight is 447 g/mol. The van der Waals surface area contributed by atoms with Crippen molar-refractivity contribution in [3.8, 4) is 0 Å². The van der Waals surface area contributed by atoms with Gasteiger partial charge in [-0.3, -0.25) is 9.59 Å². The smallest absolute Gasteiger partial charge is 0.428 e. The van der Waals surface area contributed by atoms with E-state index in [0.717, 1.165) is 4.90 Å². The second-order valence-electron chi connectivity index (χ2n) is 8.09. The Hall–Kier alpha value is -3.43. The third-order valence-corrected chi connectivity index (χ3v) is 4.32. The van der Waals surface area contributed by atoms with Crippen LogP contribution in [0.5, 0.6) is 0 Å². The first-order valence-corrected chi connectivity index (χ1v) is 10.5. The molecule has 1 aromatic rings. The Bertz CT molecular complexity index is 878. The molecule has 2 rings (SSSR count). The standard InChI is InChI=1S/C22H30N4O6/c1-6-13-25-18(19(28)26(21(25)30)15-11-9-8-10-12-15)16(14-17(27)31-7-2)23-24-20(29)32-22(3,4)5/h8-12,18H,6-7,13-14H2,1-5H3,(H,24,29)/b23-16+. The number of para-hydroxylation sites is 1. The van der Waals surface area contributed by atoms with E-state index in [1.54, 1.807) is 58.0 Å². The minimum atomic E-state index is -1.16. The topological polar surface area (TPSA) is 118 Å². The number of hydrogen-bond acceptors (Lipinski definition) is 7. The highest BCUT2D eigenvalue weighted by Crippen LogP contribution is 2.27. The quantitative estimate of drug-likeness (QED) is 0.284. The minimum absolute atomic E-state index is 0.0143. The van der Waals surface area contributed by atoms with Crippen LogP contribution in [-0.2, 0) is 19.1 Å². The van der Waals surface area contributed by atoms with Gasteiger partial charge < -0.3 is 14.4 Å². The summed E-state index contributed by atoms with van der Waals surface area (Å²) in [7, 11) is 0. The summed E-state index contributed by atoms with van der Waals surface area (Å²) in [6, 6.07) is 6.79. The lowest BCUT2D eigenvalue weighted by atomic mass is 10.1. The van der Waals surface area contributed by atoms with Crippen LogP contribution in [0.1, 0.15) is 47.5 Å². The number of imide groups is 1. The van der Waals surface area contributed by atoms with E-state index >= 15 is 0 Å². The molecular formula is C22H30N4O6. The Kier molecular flexibility index (Phi) is 8.34. The molecule has 10 nitrogen and oxygen atoms in total. The summed E-state index contributed by atoms with van der Waals surface area (Å²) in [6.45, 7) is 8.98. The molecule has 1 aliphatic heterocycles. The summed E-state index contributed by atoms with van der Waals surface area (Å²) >= 11 is 0. The van der Waals surface area contributed by atoms with Crippen LogP contribution in [0.25, 0.3) is 0 Å². The van der Waals surface area contributed by atoms with Gasteiger partial charge in [-0.15, -0.1) is 0 Å². The Balaban J connectivity index is 2.42. The zero-order valence-electron chi connectivity index (χ0n) is 19.1. The van der Waals surface area contributed by atoms with Gasteiger partial charge in [0.2, 0.25) is 0 Å². The normalized spacial score (nSPS) is 16.9. The fraction of sp³-hybridized carbons (Fsp3) is 0.500. The highest BCUT2D eigenvalue weighted by molar-refractivity contribution is 6.30. The summed E-state index contributed by atoms with van der Waals surface area (Å²) in [6.07, 6.45) is -0.655. The Morgan fingerprint density at radius 1 is 1.12 bits per heavy atom. The fourth-order valence-corrected chi connectivity index (χ4v) is 3.17. The molecule has 1 heterocycles. The Morgan fingerprint density at radius 2 is 1.78 bits per heavy atom. The minimum Gasteiger partial charge on any atom is -0.466 e. The summed E-state index contributed by atoms with van der Waals surface area (Å²) in [4.78, 5) is 53.1. The van der Waals surface area contributed by atoms with Gasteiger partial charge in [-0.2, -0.15) is 5.10 Å². The van der Waals surface area contributed by atoms with Gasteiger partial charge in [-0.05, 0) is 46.2 Å². The number of urea groups is 1. The zero-order chi connectivity index (χ0) is 23.9. The van der Waals surface area contributed by atoms with Crippen molar-refractivity contribution >= 4 is 35.4 Å². The van der Waals surface area contributed by atoms with E-state index in [9.17, 15) is 19.2 Å². The monoisotopic (exact) mass is 446 g/mol. The lowest BCUT2D eigenvalue weighted by molar-refractivity contribution is -0.141. The largest absolute Gasteiger partial charge is 0.466 e. The van der Waals surface area contributed by atoms with Crippen LogP contribution < -0.4 is 10.3 Å². The molecule has 1 atom stereocenters. The van der Waals surface area contributed by atoms with Gasteiger partial charge in [0.1, 0.15) is 5.60 Å². The number of ether oxygens (including phenoxy) is 2. The molecule has 1 N–H and O–H groups in total. The van der Waals surface area contributed by atoms with E-state index in [2.05, 4.69) is 10.5 Å². The molecule has 1 aromatic carbocycles. The SMILES string of the molecule is CCCN1C(=O)N(c2ccccc2)C(=O)C1/C(CC(=O)OCC)=N/NC(=O)OC(C)(C)C. The van der Waals surface area contributed by atoms with Gasteiger partial charge in [0.05, 0.1) is 24.4 Å². The number of amides is 4. The van der Waals surface area contributed by atoms with E-state index in [4.69, 9.17) is 9.47 Å². The van der Waals surface area contributed by atoms with E-state index in [1.165, 1.54) is 4.90 Å². The third-order valence-electron chi connectivity index (χ3n) is 4.32. The maximum atomic E-state index is 13.3. The molecular weight excluding hydrogens is 416 g/mol. The van der Waals surface area contributed by atoms with E-state index < -0.39 is 35.6 Å². The molecule has 0 aliphatic carbocycles. The second-order valence-corrected chi connectivity index (χ2v) is 8.09. The van der Waals surface area contributed by atoms with Gasteiger partial charge in [-0.1, -0.05) is 25.1 Å². The van der Waals surface area contributed by atoms with Crippen LogP contribution in [0.15, 0.2) is 35.4 Å². The number of benzene rings is 1. The van der Waals surface area contributed by atoms with E-state index in [-0.39, 0.29) is 25.3 Å². The number of nitrogens with one attached hydrogen (secondary N) is 1. The van der Waals surface area contributed by atoms with Crippen molar-refractivity contribution in [1.29, 1.82) is 0 Å². The van der Waals surface area contributed by atoms with Crippen molar-refractivity contribution in [2.45, 2.75) is 59.1 Å². The molecule has 1 saturated heterocycles. The molecule has 0 radical (unpaired) electrons. The summed E-state index contributed by atoms with van der Waals surface area (Å²) in [5.74, 6) is -1.20. The highest BCUT2D eigenvalue weighted by Gasteiger charge is 2.48. The van der Waals surface area contributed by atoms with Gasteiger partial charge in [-0.25, -0.2) is 19.9 Å². The second kappa shape index (κ2) is 10.7. The lowest BCUT2D eigenvalue weighted by Gasteiger charge is -2.22. The molecule has 1 unspecified atom stereocenters. The molecule has 0 aromatic heterocycles.